The van der Waals surface area contributed by atoms with E-state index in [0.717, 1.165) is 74.2 Å². The molecule has 1 spiro atoms. The van der Waals surface area contributed by atoms with Crippen LogP contribution in [0.5, 0.6) is 0 Å². The van der Waals surface area contributed by atoms with Crippen molar-refractivity contribution in [2.24, 2.45) is 11.3 Å². The molecule has 1 atom stereocenters. The fourth-order valence-electron chi connectivity index (χ4n) is 4.03. The Morgan fingerprint density at radius 3 is 2.81 bits per heavy atom. The highest BCUT2D eigenvalue weighted by atomic mass is 35.5. The zero-order valence-electron chi connectivity index (χ0n) is 15.1. The molecule has 1 aromatic carbocycles. The van der Waals surface area contributed by atoms with E-state index in [4.69, 9.17) is 0 Å². The third-order valence-electron chi connectivity index (χ3n) is 5.67. The Bertz CT molecular complexity index is 755. The van der Waals surface area contributed by atoms with E-state index in [9.17, 15) is 4.79 Å². The molecule has 7 heteroatoms. The first kappa shape index (κ1) is 21.0. The highest BCUT2D eigenvalue weighted by molar-refractivity contribution is 5.96. The number of fused-ring (bicyclic) bond motifs is 1. The first-order valence-electron chi connectivity index (χ1n) is 9.20. The summed E-state index contributed by atoms with van der Waals surface area (Å²) in [5, 5.41) is 6.50. The highest BCUT2D eigenvalue weighted by Gasteiger charge is 2.57. The van der Waals surface area contributed by atoms with Gasteiger partial charge in [0.25, 0.3) is 0 Å². The molecule has 1 aromatic heterocycles. The Morgan fingerprint density at radius 2 is 2.08 bits per heavy atom. The van der Waals surface area contributed by atoms with E-state index in [1.807, 2.05) is 18.2 Å². The quantitative estimate of drug-likeness (QED) is 0.710. The normalized spacial score (nSPS) is 20.3. The summed E-state index contributed by atoms with van der Waals surface area (Å²) < 4.78 is 0. The predicted octanol–water partition coefficient (Wildman–Crippen LogP) is 4.08. The Labute approximate surface area is 166 Å². The number of amides is 1. The third kappa shape index (κ3) is 4.16. The Kier molecular flexibility index (Phi) is 6.94. The molecule has 5 nitrogen and oxygen atoms in total. The lowest BCUT2D eigenvalue weighted by atomic mass is 9.92. The van der Waals surface area contributed by atoms with E-state index < -0.39 is 0 Å². The number of nitrogens with zero attached hydrogens (tertiary/aromatic N) is 1. The number of rotatable bonds is 5. The van der Waals surface area contributed by atoms with Crippen LogP contribution < -0.4 is 10.6 Å². The maximum atomic E-state index is 12.6. The fraction of sp³-hybridized carbons (Fsp3) is 0.579. The van der Waals surface area contributed by atoms with Crippen LogP contribution in [0.2, 0.25) is 0 Å². The van der Waals surface area contributed by atoms with Crippen molar-refractivity contribution in [3.8, 4) is 0 Å². The summed E-state index contributed by atoms with van der Waals surface area (Å²) in [4.78, 5) is 20.6. The second-order valence-corrected chi connectivity index (χ2v) is 7.38. The molecule has 1 amide bonds. The zero-order chi connectivity index (χ0) is 16.6. The van der Waals surface area contributed by atoms with Crippen molar-refractivity contribution >= 4 is 47.4 Å². The average molecular weight is 399 g/mol. The number of benzene rings is 1. The number of hydrogen-bond donors (Lipinski definition) is 3. The fourth-order valence-corrected chi connectivity index (χ4v) is 4.03. The minimum atomic E-state index is 0. The van der Waals surface area contributed by atoms with Gasteiger partial charge in [0.15, 0.2) is 0 Å². The number of nitrogens with one attached hydrogen (secondary N) is 3. The molecule has 4 rings (SSSR count). The number of aromatic amines is 1. The maximum absolute atomic E-state index is 12.6. The van der Waals surface area contributed by atoms with E-state index in [1.54, 1.807) is 0 Å². The van der Waals surface area contributed by atoms with Gasteiger partial charge in [0.1, 0.15) is 5.82 Å². The van der Waals surface area contributed by atoms with Gasteiger partial charge in [-0.25, -0.2) is 4.98 Å². The van der Waals surface area contributed by atoms with Crippen LogP contribution >= 0.6 is 24.8 Å². The molecule has 1 aliphatic carbocycles. The number of piperidine rings is 1. The Morgan fingerprint density at radius 1 is 1.31 bits per heavy atom. The molecule has 2 fully saturated rings. The van der Waals surface area contributed by atoms with Gasteiger partial charge in [-0.05, 0) is 62.4 Å². The van der Waals surface area contributed by atoms with Gasteiger partial charge in [-0.1, -0.05) is 13.3 Å². The monoisotopic (exact) mass is 398 g/mol. The van der Waals surface area contributed by atoms with E-state index >= 15 is 0 Å². The van der Waals surface area contributed by atoms with E-state index in [-0.39, 0.29) is 42.1 Å². The van der Waals surface area contributed by atoms with Gasteiger partial charge in [0.05, 0.1) is 11.0 Å². The van der Waals surface area contributed by atoms with Crippen molar-refractivity contribution in [1.82, 2.24) is 15.3 Å². The number of carbonyl (C=O) groups excluding carboxylic acids is 1. The number of unbranched alkanes of at least 4 members (excludes halogenated alkanes) is 1. The van der Waals surface area contributed by atoms with E-state index in [1.165, 1.54) is 0 Å². The standard InChI is InChI=1S/C19H26N4O.2ClH/c1-2-3-4-17-22-15-6-5-13(11-16(15)23-17)21-18(24)14-12-19(14)7-9-20-10-8-19;;/h5-6,11,14,20H,2-4,7-10,12H2,1H3,(H,21,24)(H,22,23);2*1H. The summed E-state index contributed by atoms with van der Waals surface area (Å²) in [6.07, 6.45) is 6.59. The van der Waals surface area contributed by atoms with Crippen LogP contribution in [0.1, 0.15) is 44.9 Å². The molecule has 26 heavy (non-hydrogen) atoms. The molecule has 2 aliphatic rings. The number of hydrogen-bond acceptors (Lipinski definition) is 3. The molecule has 3 N–H and O–H groups in total. The van der Waals surface area contributed by atoms with Gasteiger partial charge in [-0.15, -0.1) is 24.8 Å². The largest absolute Gasteiger partial charge is 0.342 e. The van der Waals surface area contributed by atoms with Crippen molar-refractivity contribution in [2.45, 2.75) is 45.4 Å². The minimum absolute atomic E-state index is 0. The van der Waals surface area contributed by atoms with Crippen molar-refractivity contribution in [3.63, 3.8) is 0 Å². The molecular weight excluding hydrogens is 371 g/mol. The molecule has 1 saturated carbocycles. The topological polar surface area (TPSA) is 69.8 Å². The highest BCUT2D eigenvalue weighted by Crippen LogP contribution is 2.58. The lowest BCUT2D eigenvalue weighted by molar-refractivity contribution is -0.118. The maximum Gasteiger partial charge on any atom is 0.228 e. The van der Waals surface area contributed by atoms with Crippen molar-refractivity contribution in [2.75, 3.05) is 18.4 Å². The Balaban J connectivity index is 0.00000121. The molecular formula is C19H28Cl2N4O. The van der Waals surface area contributed by atoms with Gasteiger partial charge in [0.2, 0.25) is 5.91 Å². The zero-order valence-corrected chi connectivity index (χ0v) is 16.8. The molecule has 144 valence electrons. The molecule has 0 radical (unpaired) electrons. The van der Waals surface area contributed by atoms with Crippen LogP contribution in [-0.4, -0.2) is 29.0 Å². The number of anilines is 1. The first-order chi connectivity index (χ1) is 11.7. The summed E-state index contributed by atoms with van der Waals surface area (Å²) in [7, 11) is 0. The van der Waals surface area contributed by atoms with Gasteiger partial charge in [-0.2, -0.15) is 0 Å². The molecule has 2 aromatic rings. The summed E-state index contributed by atoms with van der Waals surface area (Å²) in [5.74, 6) is 1.41. The SMILES string of the molecule is CCCCc1nc2ccc(NC(=O)C3CC34CCNCC4)cc2[nH]1.Cl.Cl. The lowest BCUT2D eigenvalue weighted by Gasteiger charge is -2.23. The van der Waals surface area contributed by atoms with Gasteiger partial charge < -0.3 is 15.6 Å². The molecule has 0 bridgehead atoms. The number of halogens is 2. The predicted molar refractivity (Wildman–Crippen MR) is 110 cm³/mol. The van der Waals surface area contributed by atoms with Crippen LogP contribution in [0.25, 0.3) is 11.0 Å². The van der Waals surface area contributed by atoms with E-state index in [2.05, 4.69) is 27.5 Å². The lowest BCUT2D eigenvalue weighted by Crippen LogP contribution is -2.31. The molecule has 2 heterocycles. The first-order valence-corrected chi connectivity index (χ1v) is 9.20. The van der Waals surface area contributed by atoms with Crippen LogP contribution in [-0.2, 0) is 11.2 Å². The van der Waals surface area contributed by atoms with Gasteiger partial charge in [-0.3, -0.25) is 4.79 Å². The minimum Gasteiger partial charge on any atom is -0.342 e. The number of aryl methyl sites for hydroxylation is 1. The van der Waals surface area contributed by atoms with Crippen LogP contribution in [0.3, 0.4) is 0 Å². The molecule has 1 unspecified atom stereocenters. The summed E-state index contributed by atoms with van der Waals surface area (Å²) in [6, 6.07) is 5.96. The van der Waals surface area contributed by atoms with E-state index in [0.29, 0.717) is 0 Å². The van der Waals surface area contributed by atoms with Crippen molar-refractivity contribution < 1.29 is 4.79 Å². The smallest absolute Gasteiger partial charge is 0.228 e. The average Bonchev–Trinajstić information content (AvgIpc) is 3.12. The summed E-state index contributed by atoms with van der Waals surface area (Å²) in [5.41, 5.74) is 3.13. The third-order valence-corrected chi connectivity index (χ3v) is 5.67. The van der Waals surface area contributed by atoms with Gasteiger partial charge in [0, 0.05) is 18.0 Å². The van der Waals surface area contributed by atoms with Crippen LogP contribution in [0.4, 0.5) is 5.69 Å². The number of carbonyl (C=O) groups is 1. The molecule has 1 aliphatic heterocycles. The number of imidazole rings is 1. The van der Waals surface area contributed by atoms with Crippen LogP contribution in [0, 0.1) is 11.3 Å². The summed E-state index contributed by atoms with van der Waals surface area (Å²) >= 11 is 0. The van der Waals surface area contributed by atoms with Crippen LogP contribution in [0.15, 0.2) is 18.2 Å². The number of H-pyrrole nitrogens is 1. The van der Waals surface area contributed by atoms with Crippen molar-refractivity contribution in [1.29, 1.82) is 0 Å². The second-order valence-electron chi connectivity index (χ2n) is 7.38. The molecule has 1 saturated heterocycles. The number of aromatic nitrogens is 2. The van der Waals surface area contributed by atoms with Gasteiger partial charge >= 0.3 is 0 Å². The second kappa shape index (κ2) is 8.59. The summed E-state index contributed by atoms with van der Waals surface area (Å²) in [6.45, 7) is 4.28. The van der Waals surface area contributed by atoms with Crippen molar-refractivity contribution in [3.05, 3.63) is 24.0 Å². The Hall–Kier alpha value is -1.30.